The van der Waals surface area contributed by atoms with Gasteiger partial charge in [-0.25, -0.2) is 4.39 Å². The van der Waals surface area contributed by atoms with Crippen molar-refractivity contribution in [3.63, 3.8) is 0 Å². The Morgan fingerprint density at radius 3 is 2.45 bits per heavy atom. The van der Waals surface area contributed by atoms with Gasteiger partial charge in [0.15, 0.2) is 0 Å². The van der Waals surface area contributed by atoms with E-state index in [9.17, 15) is 4.39 Å². The number of nitrogens with two attached hydrogens (primary N) is 1. The lowest BCUT2D eigenvalue weighted by Gasteiger charge is -2.33. The first-order valence-electron chi connectivity index (χ1n) is 7.01. The molecule has 0 aromatic heterocycles. The van der Waals surface area contributed by atoms with Gasteiger partial charge in [-0.2, -0.15) is 0 Å². The lowest BCUT2D eigenvalue weighted by molar-refractivity contribution is 0.147. The van der Waals surface area contributed by atoms with Crippen LogP contribution in [0.25, 0.3) is 0 Å². The highest BCUT2D eigenvalue weighted by Crippen LogP contribution is 2.19. The third-order valence-electron chi connectivity index (χ3n) is 3.87. The number of piperidine rings is 1. The Kier molecular flexibility index (Phi) is 7.27. The summed E-state index contributed by atoms with van der Waals surface area (Å²) in [5.74, 6) is 1.16. The molecule has 1 heterocycles. The lowest BCUT2D eigenvalue weighted by Crippen LogP contribution is -2.41. The third kappa shape index (κ3) is 5.27. The Morgan fingerprint density at radius 1 is 1.30 bits per heavy atom. The van der Waals surface area contributed by atoms with Crippen molar-refractivity contribution in [2.75, 3.05) is 26.2 Å². The first-order chi connectivity index (χ1) is 9.15. The highest BCUT2D eigenvalue weighted by Gasteiger charge is 2.21. The van der Waals surface area contributed by atoms with Crippen LogP contribution in [0, 0.1) is 11.7 Å². The van der Waals surface area contributed by atoms with E-state index in [0.717, 1.165) is 25.4 Å². The smallest absolute Gasteiger partial charge is 0.123 e. The number of benzene rings is 1. The molecule has 1 atom stereocenters. The largest absolute Gasteiger partial charge is 0.492 e. The van der Waals surface area contributed by atoms with Crippen LogP contribution in [0.4, 0.5) is 4.39 Å². The summed E-state index contributed by atoms with van der Waals surface area (Å²) in [6, 6.07) is 6.47. The Bertz CT molecular complexity index is 378. The number of nitrogens with zero attached hydrogens (tertiary/aromatic N) is 1. The first kappa shape index (κ1) is 17.2. The third-order valence-corrected chi connectivity index (χ3v) is 3.87. The molecule has 2 N–H and O–H groups in total. The van der Waals surface area contributed by atoms with Crippen molar-refractivity contribution in [2.24, 2.45) is 11.7 Å². The van der Waals surface area contributed by atoms with Crippen LogP contribution < -0.4 is 10.5 Å². The van der Waals surface area contributed by atoms with Crippen molar-refractivity contribution in [2.45, 2.75) is 25.8 Å². The minimum atomic E-state index is -0.231. The number of halogens is 2. The fourth-order valence-corrected chi connectivity index (χ4v) is 2.53. The Balaban J connectivity index is 0.00000200. The predicted molar refractivity (Wildman–Crippen MR) is 82.0 cm³/mol. The van der Waals surface area contributed by atoms with Gasteiger partial charge in [-0.05, 0) is 63.0 Å². The maximum absolute atomic E-state index is 12.7. The van der Waals surface area contributed by atoms with E-state index in [2.05, 4.69) is 11.8 Å². The lowest BCUT2D eigenvalue weighted by atomic mass is 9.91. The Hall–Kier alpha value is -0.840. The summed E-state index contributed by atoms with van der Waals surface area (Å²) >= 11 is 0. The quantitative estimate of drug-likeness (QED) is 0.909. The fraction of sp³-hybridized carbons (Fsp3) is 0.600. The highest BCUT2D eigenvalue weighted by molar-refractivity contribution is 5.85. The molecular formula is C15H24ClFN2O. The van der Waals surface area contributed by atoms with E-state index in [0.29, 0.717) is 18.6 Å². The fourth-order valence-electron chi connectivity index (χ4n) is 2.53. The molecule has 1 aliphatic heterocycles. The van der Waals surface area contributed by atoms with Gasteiger partial charge < -0.3 is 10.5 Å². The van der Waals surface area contributed by atoms with Gasteiger partial charge in [-0.3, -0.25) is 4.90 Å². The molecule has 5 heteroatoms. The summed E-state index contributed by atoms with van der Waals surface area (Å²) in [6.45, 7) is 5.85. The maximum Gasteiger partial charge on any atom is 0.123 e. The maximum atomic E-state index is 12.7. The summed E-state index contributed by atoms with van der Waals surface area (Å²) in [6.07, 6.45) is 2.35. The molecule has 0 saturated carbocycles. The number of hydrogen-bond donors (Lipinski definition) is 1. The molecular weight excluding hydrogens is 279 g/mol. The monoisotopic (exact) mass is 302 g/mol. The minimum absolute atomic E-state index is 0. The summed E-state index contributed by atoms with van der Waals surface area (Å²) in [5.41, 5.74) is 5.93. The van der Waals surface area contributed by atoms with Crippen LogP contribution in [0.1, 0.15) is 19.8 Å². The van der Waals surface area contributed by atoms with Crippen LogP contribution >= 0.6 is 12.4 Å². The van der Waals surface area contributed by atoms with Gasteiger partial charge in [-0.15, -0.1) is 12.4 Å². The minimum Gasteiger partial charge on any atom is -0.492 e. The van der Waals surface area contributed by atoms with E-state index < -0.39 is 0 Å². The SMILES string of the molecule is CC(N)C1CCN(CCOc2ccc(F)cc2)CC1.Cl. The molecule has 0 spiro atoms. The van der Waals surface area contributed by atoms with Crippen molar-refractivity contribution in [1.82, 2.24) is 4.90 Å². The van der Waals surface area contributed by atoms with Gasteiger partial charge >= 0.3 is 0 Å². The van der Waals surface area contributed by atoms with E-state index in [4.69, 9.17) is 10.5 Å². The van der Waals surface area contributed by atoms with Crippen molar-refractivity contribution in [1.29, 1.82) is 0 Å². The molecule has 1 saturated heterocycles. The Morgan fingerprint density at radius 2 is 1.90 bits per heavy atom. The standard InChI is InChI=1S/C15H23FN2O.ClH/c1-12(17)13-6-8-18(9-7-13)10-11-19-15-4-2-14(16)3-5-15;/h2-5,12-13H,6-11,17H2,1H3;1H. The molecule has 3 nitrogen and oxygen atoms in total. The number of ether oxygens (including phenoxy) is 1. The number of likely N-dealkylation sites (tertiary alicyclic amines) is 1. The second-order valence-corrected chi connectivity index (χ2v) is 5.34. The van der Waals surface area contributed by atoms with Gasteiger partial charge in [0.25, 0.3) is 0 Å². The second kappa shape index (κ2) is 8.45. The molecule has 2 rings (SSSR count). The molecule has 20 heavy (non-hydrogen) atoms. The Labute approximate surface area is 126 Å². The van der Waals surface area contributed by atoms with Crippen molar-refractivity contribution >= 4 is 12.4 Å². The van der Waals surface area contributed by atoms with Crippen LogP contribution in [0.2, 0.25) is 0 Å². The second-order valence-electron chi connectivity index (χ2n) is 5.34. The van der Waals surface area contributed by atoms with Crippen LogP contribution in [0.15, 0.2) is 24.3 Å². The van der Waals surface area contributed by atoms with Gasteiger partial charge in [0, 0.05) is 12.6 Å². The summed E-state index contributed by atoms with van der Waals surface area (Å²) in [4.78, 5) is 2.41. The van der Waals surface area contributed by atoms with Crippen LogP contribution in [0.3, 0.4) is 0 Å². The summed E-state index contributed by atoms with van der Waals surface area (Å²) in [5, 5.41) is 0. The van der Waals surface area contributed by atoms with E-state index in [1.807, 2.05) is 0 Å². The van der Waals surface area contributed by atoms with Crippen LogP contribution in [-0.4, -0.2) is 37.2 Å². The summed E-state index contributed by atoms with van der Waals surface area (Å²) < 4.78 is 18.3. The molecule has 0 aliphatic carbocycles. The number of hydrogen-bond acceptors (Lipinski definition) is 3. The van der Waals surface area contributed by atoms with E-state index >= 15 is 0 Å². The first-order valence-corrected chi connectivity index (χ1v) is 7.01. The zero-order valence-corrected chi connectivity index (χ0v) is 12.7. The topological polar surface area (TPSA) is 38.5 Å². The highest BCUT2D eigenvalue weighted by atomic mass is 35.5. The molecule has 0 radical (unpaired) electrons. The van der Waals surface area contributed by atoms with Crippen molar-refractivity contribution in [3.05, 3.63) is 30.1 Å². The normalized spacial score (nSPS) is 18.4. The van der Waals surface area contributed by atoms with E-state index in [-0.39, 0.29) is 18.2 Å². The average Bonchev–Trinajstić information content (AvgIpc) is 2.41. The van der Waals surface area contributed by atoms with Crippen LogP contribution in [0.5, 0.6) is 5.75 Å². The van der Waals surface area contributed by atoms with Gasteiger partial charge in [0.05, 0.1) is 0 Å². The predicted octanol–water partition coefficient (Wildman–Crippen LogP) is 2.69. The molecule has 114 valence electrons. The molecule has 1 fully saturated rings. The number of rotatable bonds is 5. The van der Waals surface area contributed by atoms with Gasteiger partial charge in [-0.1, -0.05) is 0 Å². The molecule has 1 unspecified atom stereocenters. The van der Waals surface area contributed by atoms with E-state index in [1.165, 1.54) is 25.0 Å². The molecule has 1 aromatic rings. The van der Waals surface area contributed by atoms with E-state index in [1.54, 1.807) is 12.1 Å². The zero-order valence-electron chi connectivity index (χ0n) is 11.9. The average molecular weight is 303 g/mol. The molecule has 1 aliphatic rings. The summed E-state index contributed by atoms with van der Waals surface area (Å²) in [7, 11) is 0. The zero-order chi connectivity index (χ0) is 13.7. The van der Waals surface area contributed by atoms with Crippen LogP contribution in [-0.2, 0) is 0 Å². The molecule has 1 aromatic carbocycles. The van der Waals surface area contributed by atoms with Crippen molar-refractivity contribution in [3.8, 4) is 5.75 Å². The molecule has 0 bridgehead atoms. The van der Waals surface area contributed by atoms with Crippen molar-refractivity contribution < 1.29 is 9.13 Å². The van der Waals surface area contributed by atoms with Gasteiger partial charge in [0.1, 0.15) is 18.2 Å². The van der Waals surface area contributed by atoms with Gasteiger partial charge in [0.2, 0.25) is 0 Å². The molecule has 0 amide bonds.